The zero-order valence-electron chi connectivity index (χ0n) is 20.9. The molecule has 2 aliphatic rings. The highest BCUT2D eigenvalue weighted by molar-refractivity contribution is 6.03. The highest BCUT2D eigenvalue weighted by Crippen LogP contribution is 2.47. The third-order valence-electron chi connectivity index (χ3n) is 7.75. The number of hydrogen-bond acceptors (Lipinski definition) is 4. The van der Waals surface area contributed by atoms with Crippen molar-refractivity contribution in [2.75, 3.05) is 11.4 Å². The minimum Gasteiger partial charge on any atom is -0.316 e. The van der Waals surface area contributed by atoms with Gasteiger partial charge in [0.25, 0.3) is 0 Å². The third kappa shape index (κ3) is 3.75. The number of carbonyl (C=O) groups excluding carboxylic acids is 1. The van der Waals surface area contributed by atoms with Gasteiger partial charge in [0.15, 0.2) is 0 Å². The second-order valence-corrected chi connectivity index (χ2v) is 10.7. The third-order valence-corrected chi connectivity index (χ3v) is 7.75. The highest BCUT2D eigenvalue weighted by Gasteiger charge is 2.54. The maximum atomic E-state index is 13.9. The van der Waals surface area contributed by atoms with E-state index in [-0.39, 0.29) is 23.6 Å². The zero-order chi connectivity index (χ0) is 25.0. The van der Waals surface area contributed by atoms with Crippen LogP contribution in [-0.4, -0.2) is 32.8 Å². The van der Waals surface area contributed by atoms with E-state index in [4.69, 9.17) is 0 Å². The van der Waals surface area contributed by atoms with Crippen LogP contribution in [0.2, 0.25) is 0 Å². The minimum absolute atomic E-state index is 0.00275. The lowest BCUT2D eigenvalue weighted by Gasteiger charge is -2.31. The van der Waals surface area contributed by atoms with Crippen molar-refractivity contribution in [3.63, 3.8) is 0 Å². The highest BCUT2D eigenvalue weighted by atomic mass is 16.2. The second-order valence-electron chi connectivity index (χ2n) is 10.7. The van der Waals surface area contributed by atoms with E-state index >= 15 is 0 Å². The summed E-state index contributed by atoms with van der Waals surface area (Å²) < 4.78 is 3.37. The summed E-state index contributed by atoms with van der Waals surface area (Å²) in [6.45, 7) is 5.07. The Morgan fingerprint density at radius 1 is 1.00 bits per heavy atom. The Morgan fingerprint density at radius 3 is 2.47 bits per heavy atom. The first-order valence-corrected chi connectivity index (χ1v) is 12.6. The molecule has 7 heteroatoms. The summed E-state index contributed by atoms with van der Waals surface area (Å²) >= 11 is 0. The monoisotopic (exact) mass is 481 g/mol. The number of benzene rings is 2. The van der Waals surface area contributed by atoms with Crippen molar-refractivity contribution in [3.05, 3.63) is 89.0 Å². The molecular weight excluding hydrogens is 450 g/mol. The largest absolute Gasteiger partial charge is 0.316 e. The van der Waals surface area contributed by atoms with E-state index in [1.165, 1.54) is 12.8 Å². The fourth-order valence-electron chi connectivity index (χ4n) is 5.45. The average molecular weight is 482 g/mol. The number of rotatable bonds is 6. The zero-order valence-corrected chi connectivity index (χ0v) is 20.9. The smallest absolute Gasteiger partial charge is 0.250 e. The van der Waals surface area contributed by atoms with Crippen LogP contribution >= 0.6 is 0 Å². The van der Waals surface area contributed by atoms with Crippen LogP contribution in [-0.2, 0) is 11.8 Å². The number of hydrogen-bond donors (Lipinski definition) is 1. The molecular formula is C29H31N5O2. The van der Waals surface area contributed by atoms with Gasteiger partial charge < -0.3 is 14.8 Å². The second kappa shape index (κ2) is 8.45. The summed E-state index contributed by atoms with van der Waals surface area (Å²) in [6.07, 6.45) is 6.13. The number of anilines is 1. The first kappa shape index (κ1) is 22.7. The van der Waals surface area contributed by atoms with Gasteiger partial charge in [0.1, 0.15) is 0 Å². The molecule has 3 heterocycles. The minimum atomic E-state index is -0.552. The molecule has 2 aromatic heterocycles. The molecule has 2 atom stereocenters. The van der Waals surface area contributed by atoms with Gasteiger partial charge in [-0.2, -0.15) is 5.10 Å². The van der Waals surface area contributed by atoms with Crippen LogP contribution in [0.3, 0.4) is 0 Å². The van der Waals surface area contributed by atoms with Crippen molar-refractivity contribution >= 4 is 22.5 Å². The Labute approximate surface area is 210 Å². The summed E-state index contributed by atoms with van der Waals surface area (Å²) in [7, 11) is 1.73. The Hall–Kier alpha value is -3.71. The lowest BCUT2D eigenvalue weighted by Crippen LogP contribution is -2.44. The summed E-state index contributed by atoms with van der Waals surface area (Å²) in [6, 6.07) is 19.6. The molecule has 1 N–H and O–H groups in total. The maximum Gasteiger partial charge on any atom is 0.250 e. The standard InChI is InChI=1S/C29H31N5O2/c1-29(2)27(30-16-19-9-10-19)26(20-7-5-4-6-8-20)33(28(29)36)22-11-13-24-21(15-22)17-31-34(24)23-12-14-25(35)32(3)18-23/h4-8,11-15,17-19,26-27,30H,9-10,16H2,1-3H3/t26-,27?/m1/s1. The normalized spacial score (nSPS) is 21.4. The fraction of sp³-hybridized carbons (Fsp3) is 0.345. The van der Waals surface area contributed by atoms with Crippen LogP contribution in [0.15, 0.2) is 77.9 Å². The molecule has 2 fully saturated rings. The Morgan fingerprint density at radius 2 is 1.75 bits per heavy atom. The van der Waals surface area contributed by atoms with Gasteiger partial charge in [-0.25, -0.2) is 4.68 Å². The number of aryl methyl sites for hydroxylation is 1. The van der Waals surface area contributed by atoms with Gasteiger partial charge in [-0.15, -0.1) is 0 Å². The van der Waals surface area contributed by atoms with Gasteiger partial charge in [0.2, 0.25) is 11.5 Å². The molecule has 184 valence electrons. The molecule has 1 saturated carbocycles. The van der Waals surface area contributed by atoms with E-state index in [1.54, 1.807) is 29.9 Å². The number of pyridine rings is 1. The van der Waals surface area contributed by atoms with Crippen molar-refractivity contribution in [1.82, 2.24) is 19.7 Å². The number of fused-ring (bicyclic) bond motifs is 1. The molecule has 4 aromatic rings. The summed E-state index contributed by atoms with van der Waals surface area (Å²) in [4.78, 5) is 27.8. The number of aromatic nitrogens is 3. The Bertz CT molecular complexity index is 1500. The van der Waals surface area contributed by atoms with Gasteiger partial charge in [-0.3, -0.25) is 9.59 Å². The molecule has 0 bridgehead atoms. The average Bonchev–Trinajstić information content (AvgIpc) is 3.57. The number of nitrogens with zero attached hydrogens (tertiary/aromatic N) is 4. The molecule has 36 heavy (non-hydrogen) atoms. The van der Waals surface area contributed by atoms with E-state index in [0.29, 0.717) is 0 Å². The van der Waals surface area contributed by atoms with Crippen molar-refractivity contribution in [3.8, 4) is 5.69 Å². The van der Waals surface area contributed by atoms with E-state index in [1.807, 2.05) is 52.2 Å². The number of carbonyl (C=O) groups is 1. The predicted molar refractivity (Wildman–Crippen MR) is 141 cm³/mol. The van der Waals surface area contributed by atoms with E-state index in [0.717, 1.165) is 40.3 Å². The SMILES string of the molecule is Cn1cc(-n2ncc3cc(N4C(=O)C(C)(C)C(NCC5CC5)[C@H]4c4ccccc4)ccc32)ccc1=O. The van der Waals surface area contributed by atoms with Crippen LogP contribution in [0, 0.1) is 11.3 Å². The lowest BCUT2D eigenvalue weighted by atomic mass is 9.82. The van der Waals surface area contributed by atoms with Gasteiger partial charge >= 0.3 is 0 Å². The Kier molecular flexibility index (Phi) is 5.34. The van der Waals surface area contributed by atoms with Gasteiger partial charge in [-0.05, 0) is 69.0 Å². The number of amides is 1. The quantitative estimate of drug-likeness (QED) is 0.448. The summed E-state index contributed by atoms with van der Waals surface area (Å²) in [5.41, 5.74) is 3.11. The van der Waals surface area contributed by atoms with Crippen LogP contribution in [0.5, 0.6) is 0 Å². The Balaban J connectivity index is 1.42. The van der Waals surface area contributed by atoms with E-state index in [9.17, 15) is 9.59 Å². The first-order valence-electron chi connectivity index (χ1n) is 12.6. The molecule has 1 aliphatic carbocycles. The fourth-order valence-corrected chi connectivity index (χ4v) is 5.45. The maximum absolute atomic E-state index is 13.9. The van der Waals surface area contributed by atoms with E-state index in [2.05, 4.69) is 36.4 Å². The molecule has 1 aliphatic heterocycles. The van der Waals surface area contributed by atoms with Crippen LogP contribution in [0.1, 0.15) is 38.3 Å². The van der Waals surface area contributed by atoms with Crippen molar-refractivity contribution < 1.29 is 4.79 Å². The van der Waals surface area contributed by atoms with Crippen LogP contribution in [0.4, 0.5) is 5.69 Å². The van der Waals surface area contributed by atoms with E-state index < -0.39 is 5.41 Å². The molecule has 1 saturated heterocycles. The van der Waals surface area contributed by atoms with Crippen LogP contribution in [0.25, 0.3) is 16.6 Å². The van der Waals surface area contributed by atoms with Gasteiger partial charge in [0.05, 0.1) is 28.9 Å². The molecule has 2 aromatic carbocycles. The summed E-state index contributed by atoms with van der Waals surface area (Å²) in [5.74, 6) is 0.843. The van der Waals surface area contributed by atoms with Crippen LogP contribution < -0.4 is 15.8 Å². The predicted octanol–water partition coefficient (Wildman–Crippen LogP) is 4.21. The van der Waals surface area contributed by atoms with Gasteiger partial charge in [0, 0.05) is 36.4 Å². The van der Waals surface area contributed by atoms with Crippen molar-refractivity contribution in [2.24, 2.45) is 18.4 Å². The van der Waals surface area contributed by atoms with Crippen molar-refractivity contribution in [1.29, 1.82) is 0 Å². The lowest BCUT2D eigenvalue weighted by molar-refractivity contribution is -0.124. The molecule has 6 rings (SSSR count). The van der Waals surface area contributed by atoms with Gasteiger partial charge in [-0.1, -0.05) is 30.3 Å². The first-order chi connectivity index (χ1) is 17.3. The molecule has 1 unspecified atom stereocenters. The number of nitrogens with one attached hydrogen (secondary N) is 1. The topological polar surface area (TPSA) is 72.2 Å². The summed E-state index contributed by atoms with van der Waals surface area (Å²) in [5, 5.41) is 9.30. The molecule has 1 amide bonds. The molecule has 0 radical (unpaired) electrons. The molecule has 7 nitrogen and oxygen atoms in total. The molecule has 0 spiro atoms. The van der Waals surface area contributed by atoms with Crippen molar-refractivity contribution in [2.45, 2.75) is 38.8 Å².